The van der Waals surface area contributed by atoms with Crippen molar-refractivity contribution >= 4 is 29.0 Å². The lowest BCUT2D eigenvalue weighted by Crippen LogP contribution is -2.27. The first-order valence-electron chi connectivity index (χ1n) is 5.66. The number of anilines is 1. The van der Waals surface area contributed by atoms with Gasteiger partial charge in [0.05, 0.1) is 6.54 Å². The summed E-state index contributed by atoms with van der Waals surface area (Å²) < 4.78 is 0. The van der Waals surface area contributed by atoms with Crippen LogP contribution in [0.3, 0.4) is 0 Å². The lowest BCUT2D eigenvalue weighted by molar-refractivity contribution is -0.128. The Morgan fingerprint density at radius 2 is 2.00 bits per heavy atom. The van der Waals surface area contributed by atoms with Gasteiger partial charge in [-0.3, -0.25) is 9.59 Å². The molecule has 1 aromatic carbocycles. The van der Waals surface area contributed by atoms with Gasteiger partial charge in [-0.25, -0.2) is 0 Å². The second-order valence-corrected chi connectivity index (χ2v) is 5.24. The lowest BCUT2D eigenvalue weighted by Gasteiger charge is -2.16. The van der Waals surface area contributed by atoms with E-state index in [4.69, 9.17) is 11.6 Å². The van der Waals surface area contributed by atoms with E-state index in [0.717, 1.165) is 11.3 Å². The topological polar surface area (TPSA) is 37.4 Å². The molecule has 0 bridgehead atoms. The Bertz CT molecular complexity index is 534. The van der Waals surface area contributed by atoms with Crippen LogP contribution >= 0.6 is 11.6 Å². The van der Waals surface area contributed by atoms with Crippen molar-refractivity contribution in [3.8, 4) is 0 Å². The van der Waals surface area contributed by atoms with Crippen LogP contribution in [0.25, 0.3) is 0 Å². The summed E-state index contributed by atoms with van der Waals surface area (Å²) in [6, 6.07) is 5.46. The predicted molar refractivity (Wildman–Crippen MR) is 65.2 cm³/mol. The molecule has 0 N–H and O–H groups in total. The average molecular weight is 250 g/mol. The van der Waals surface area contributed by atoms with Gasteiger partial charge < -0.3 is 4.90 Å². The fourth-order valence-electron chi connectivity index (χ4n) is 2.32. The molecule has 0 unspecified atom stereocenters. The molecule has 1 saturated heterocycles. The van der Waals surface area contributed by atoms with Crippen molar-refractivity contribution in [2.45, 2.75) is 19.8 Å². The van der Waals surface area contributed by atoms with Crippen LogP contribution in [0.1, 0.15) is 18.4 Å². The Morgan fingerprint density at radius 1 is 1.29 bits per heavy atom. The quantitative estimate of drug-likeness (QED) is 0.717. The first kappa shape index (κ1) is 10.8. The number of rotatable bonds is 1. The molecule has 1 saturated carbocycles. The van der Waals surface area contributed by atoms with Crippen LogP contribution in [-0.2, 0) is 9.59 Å². The summed E-state index contributed by atoms with van der Waals surface area (Å²) >= 11 is 6.04. The Balaban J connectivity index is 1.98. The van der Waals surface area contributed by atoms with E-state index in [1.54, 1.807) is 11.0 Å². The number of ketones is 1. The van der Waals surface area contributed by atoms with Crippen LogP contribution in [0, 0.1) is 12.3 Å². The highest BCUT2D eigenvalue weighted by Crippen LogP contribution is 2.52. The number of amides is 1. The maximum absolute atomic E-state index is 12.2. The summed E-state index contributed by atoms with van der Waals surface area (Å²) in [6.07, 6.45) is 1.42. The van der Waals surface area contributed by atoms with E-state index in [2.05, 4.69) is 0 Å². The molecule has 1 amide bonds. The third-order valence-electron chi connectivity index (χ3n) is 3.71. The standard InChI is InChI=1S/C13H12ClNO2/c1-8-2-3-9(6-10(8)14)15-7-11(16)13(4-5-13)12(15)17/h2-3,6H,4-5,7H2,1H3. The minimum atomic E-state index is -0.669. The number of benzene rings is 1. The molecule has 1 heterocycles. The fraction of sp³-hybridized carbons (Fsp3) is 0.385. The highest BCUT2D eigenvalue weighted by molar-refractivity contribution is 6.32. The number of nitrogens with zero attached hydrogens (tertiary/aromatic N) is 1. The molecule has 1 spiro atoms. The molecular formula is C13H12ClNO2. The molecule has 1 aromatic rings. The summed E-state index contributed by atoms with van der Waals surface area (Å²) in [5.41, 5.74) is 1.02. The zero-order valence-electron chi connectivity index (χ0n) is 9.50. The van der Waals surface area contributed by atoms with Gasteiger partial charge in [-0.05, 0) is 37.5 Å². The van der Waals surface area contributed by atoms with E-state index >= 15 is 0 Å². The Morgan fingerprint density at radius 3 is 2.53 bits per heavy atom. The van der Waals surface area contributed by atoms with E-state index < -0.39 is 5.41 Å². The molecule has 0 aromatic heterocycles. The number of hydrogen-bond donors (Lipinski definition) is 0. The van der Waals surface area contributed by atoms with E-state index in [0.29, 0.717) is 17.9 Å². The first-order valence-corrected chi connectivity index (χ1v) is 6.04. The molecule has 3 rings (SSSR count). The molecule has 1 aliphatic heterocycles. The molecule has 1 aliphatic carbocycles. The number of halogens is 1. The van der Waals surface area contributed by atoms with Crippen LogP contribution in [0.2, 0.25) is 5.02 Å². The smallest absolute Gasteiger partial charge is 0.241 e. The number of Topliss-reactive ketones (excluding diaryl/α,β-unsaturated/α-hetero) is 1. The van der Waals surface area contributed by atoms with Crippen molar-refractivity contribution < 1.29 is 9.59 Å². The summed E-state index contributed by atoms with van der Waals surface area (Å²) in [7, 11) is 0. The van der Waals surface area contributed by atoms with Gasteiger partial charge in [-0.1, -0.05) is 17.7 Å². The van der Waals surface area contributed by atoms with Gasteiger partial charge in [0.15, 0.2) is 5.78 Å². The molecule has 2 fully saturated rings. The lowest BCUT2D eigenvalue weighted by atomic mass is 10.1. The van der Waals surface area contributed by atoms with Crippen molar-refractivity contribution in [2.24, 2.45) is 5.41 Å². The third kappa shape index (κ3) is 1.42. The summed E-state index contributed by atoms with van der Waals surface area (Å²) in [5.74, 6) is 0.00150. The van der Waals surface area contributed by atoms with Gasteiger partial charge in [0, 0.05) is 10.7 Å². The Hall–Kier alpha value is -1.35. The van der Waals surface area contributed by atoms with Gasteiger partial charge in [-0.15, -0.1) is 0 Å². The second-order valence-electron chi connectivity index (χ2n) is 4.83. The minimum Gasteiger partial charge on any atom is -0.304 e. The molecule has 17 heavy (non-hydrogen) atoms. The SMILES string of the molecule is Cc1ccc(N2CC(=O)C3(CC3)C2=O)cc1Cl. The van der Waals surface area contributed by atoms with E-state index in [-0.39, 0.29) is 18.2 Å². The van der Waals surface area contributed by atoms with Gasteiger partial charge in [-0.2, -0.15) is 0 Å². The molecule has 0 radical (unpaired) electrons. The van der Waals surface area contributed by atoms with Crippen LogP contribution in [0.4, 0.5) is 5.69 Å². The monoisotopic (exact) mass is 249 g/mol. The maximum Gasteiger partial charge on any atom is 0.241 e. The Labute approximate surface area is 104 Å². The fourth-order valence-corrected chi connectivity index (χ4v) is 2.50. The molecule has 0 atom stereocenters. The predicted octanol–water partition coefficient (Wildman–Crippen LogP) is 2.34. The second kappa shape index (κ2) is 3.33. The number of hydrogen-bond acceptors (Lipinski definition) is 2. The number of aryl methyl sites for hydroxylation is 1. The van der Waals surface area contributed by atoms with Gasteiger partial charge in [0.2, 0.25) is 5.91 Å². The Kier molecular flexibility index (Phi) is 2.11. The van der Waals surface area contributed by atoms with Crippen LogP contribution in [-0.4, -0.2) is 18.2 Å². The van der Waals surface area contributed by atoms with Crippen molar-refractivity contribution in [3.05, 3.63) is 28.8 Å². The van der Waals surface area contributed by atoms with Crippen molar-refractivity contribution in [2.75, 3.05) is 11.4 Å². The first-order chi connectivity index (χ1) is 8.04. The van der Waals surface area contributed by atoms with Crippen LogP contribution < -0.4 is 4.90 Å². The van der Waals surface area contributed by atoms with E-state index in [1.807, 2.05) is 19.1 Å². The maximum atomic E-state index is 12.2. The number of carbonyl (C=O) groups excluding carboxylic acids is 2. The summed E-state index contributed by atoms with van der Waals surface area (Å²) in [5, 5.41) is 0.625. The normalized spacial score (nSPS) is 21.4. The van der Waals surface area contributed by atoms with Gasteiger partial charge in [0.1, 0.15) is 5.41 Å². The number of carbonyl (C=O) groups is 2. The van der Waals surface area contributed by atoms with Crippen molar-refractivity contribution in [3.63, 3.8) is 0 Å². The van der Waals surface area contributed by atoms with Crippen molar-refractivity contribution in [1.29, 1.82) is 0 Å². The minimum absolute atomic E-state index is 0.0533. The van der Waals surface area contributed by atoms with E-state index in [9.17, 15) is 9.59 Å². The largest absolute Gasteiger partial charge is 0.304 e. The molecule has 3 nitrogen and oxygen atoms in total. The zero-order valence-corrected chi connectivity index (χ0v) is 10.3. The average Bonchev–Trinajstić information content (AvgIpc) is 3.05. The summed E-state index contributed by atoms with van der Waals surface area (Å²) in [6.45, 7) is 2.10. The molecule has 88 valence electrons. The van der Waals surface area contributed by atoms with Crippen LogP contribution in [0.15, 0.2) is 18.2 Å². The third-order valence-corrected chi connectivity index (χ3v) is 4.11. The molecule has 2 aliphatic rings. The molecular weight excluding hydrogens is 238 g/mol. The van der Waals surface area contributed by atoms with Crippen molar-refractivity contribution in [1.82, 2.24) is 0 Å². The molecule has 4 heteroatoms. The highest BCUT2D eigenvalue weighted by Gasteiger charge is 2.62. The van der Waals surface area contributed by atoms with Gasteiger partial charge >= 0.3 is 0 Å². The van der Waals surface area contributed by atoms with Gasteiger partial charge in [0.25, 0.3) is 0 Å². The zero-order chi connectivity index (χ0) is 12.2. The summed E-state index contributed by atoms with van der Waals surface area (Å²) in [4.78, 5) is 25.5. The highest BCUT2D eigenvalue weighted by atomic mass is 35.5. The van der Waals surface area contributed by atoms with E-state index in [1.165, 1.54) is 0 Å². The van der Waals surface area contributed by atoms with Crippen LogP contribution in [0.5, 0.6) is 0 Å².